The Labute approximate surface area is 128 Å². The summed E-state index contributed by atoms with van der Waals surface area (Å²) in [5.41, 5.74) is 0.0129. The molecule has 0 saturated carbocycles. The number of aromatic carboxylic acids is 1. The van der Waals surface area contributed by atoms with Crippen LogP contribution in [0.4, 0.5) is 5.69 Å². The average Bonchev–Trinajstić information content (AvgIpc) is 2.88. The molecular weight excluding hydrogens is 306 g/mol. The van der Waals surface area contributed by atoms with Gasteiger partial charge >= 0.3 is 5.97 Å². The van der Waals surface area contributed by atoms with Crippen LogP contribution in [-0.2, 0) is 16.6 Å². The number of anilines is 1. The SMILES string of the molecule is CCn1cc(S(=O)(=O)N(C)c2ccccc2C(=O)O)nc1C. The number of hydrogen-bond acceptors (Lipinski definition) is 4. The molecule has 0 fully saturated rings. The normalized spacial score (nSPS) is 11.4. The van der Waals surface area contributed by atoms with Gasteiger partial charge in [-0.3, -0.25) is 4.31 Å². The van der Waals surface area contributed by atoms with Gasteiger partial charge < -0.3 is 9.67 Å². The molecule has 0 aliphatic carbocycles. The first-order chi connectivity index (χ1) is 10.3. The van der Waals surface area contributed by atoms with Crippen molar-refractivity contribution in [2.45, 2.75) is 25.4 Å². The number of carboxylic acid groups (broad SMARTS) is 1. The van der Waals surface area contributed by atoms with E-state index in [9.17, 15) is 18.3 Å². The highest BCUT2D eigenvalue weighted by molar-refractivity contribution is 7.92. The molecule has 0 aliphatic heterocycles. The minimum Gasteiger partial charge on any atom is -0.478 e. The molecule has 0 unspecified atom stereocenters. The summed E-state index contributed by atoms with van der Waals surface area (Å²) in [5.74, 6) is -0.603. The highest BCUT2D eigenvalue weighted by atomic mass is 32.2. The van der Waals surface area contributed by atoms with E-state index in [-0.39, 0.29) is 16.3 Å². The smallest absolute Gasteiger partial charge is 0.337 e. The molecule has 118 valence electrons. The fraction of sp³-hybridized carbons (Fsp3) is 0.286. The summed E-state index contributed by atoms with van der Waals surface area (Å²) in [5, 5.41) is 9.09. The molecule has 2 aromatic rings. The Balaban J connectivity index is 2.52. The van der Waals surface area contributed by atoms with Crippen LogP contribution in [0, 0.1) is 6.92 Å². The third-order valence-corrected chi connectivity index (χ3v) is 5.04. The molecular formula is C14H17N3O4S. The number of sulfonamides is 1. The number of aryl methyl sites for hydroxylation is 2. The van der Waals surface area contributed by atoms with E-state index in [1.807, 2.05) is 6.92 Å². The van der Waals surface area contributed by atoms with Gasteiger partial charge in [-0.1, -0.05) is 12.1 Å². The first-order valence-corrected chi connectivity index (χ1v) is 8.08. The third-order valence-electron chi connectivity index (χ3n) is 3.39. The van der Waals surface area contributed by atoms with Crippen LogP contribution in [0.25, 0.3) is 0 Å². The number of benzene rings is 1. The van der Waals surface area contributed by atoms with E-state index in [0.717, 1.165) is 4.31 Å². The second-order valence-corrected chi connectivity index (χ2v) is 6.62. The highest BCUT2D eigenvalue weighted by Crippen LogP contribution is 2.25. The summed E-state index contributed by atoms with van der Waals surface area (Å²) in [6.07, 6.45) is 1.45. The summed E-state index contributed by atoms with van der Waals surface area (Å²) in [6.45, 7) is 4.20. The summed E-state index contributed by atoms with van der Waals surface area (Å²) < 4.78 is 27.9. The molecule has 0 atom stereocenters. The van der Waals surface area contributed by atoms with Crippen LogP contribution in [0.5, 0.6) is 0 Å². The van der Waals surface area contributed by atoms with Gasteiger partial charge in [0.1, 0.15) is 5.82 Å². The first kappa shape index (κ1) is 16.0. The predicted molar refractivity (Wildman–Crippen MR) is 81.6 cm³/mol. The molecule has 1 aromatic heterocycles. The number of para-hydroxylation sites is 1. The summed E-state index contributed by atoms with van der Waals surface area (Å²) in [4.78, 5) is 15.3. The Morgan fingerprint density at radius 3 is 2.55 bits per heavy atom. The molecule has 1 heterocycles. The van der Waals surface area contributed by atoms with Gasteiger partial charge in [0.2, 0.25) is 0 Å². The minimum absolute atomic E-state index is 0.0831. The number of carbonyl (C=O) groups is 1. The maximum Gasteiger partial charge on any atom is 0.337 e. The van der Waals surface area contributed by atoms with Crippen molar-refractivity contribution in [2.75, 3.05) is 11.4 Å². The molecule has 0 saturated heterocycles. The molecule has 8 heteroatoms. The van der Waals surface area contributed by atoms with Gasteiger partial charge in [0.15, 0.2) is 5.03 Å². The number of aromatic nitrogens is 2. The summed E-state index contributed by atoms with van der Waals surface area (Å²) >= 11 is 0. The quantitative estimate of drug-likeness (QED) is 0.904. The lowest BCUT2D eigenvalue weighted by atomic mass is 10.2. The van der Waals surface area contributed by atoms with Crippen LogP contribution in [0.3, 0.4) is 0 Å². The molecule has 1 aromatic carbocycles. The van der Waals surface area contributed by atoms with Crippen LogP contribution >= 0.6 is 0 Å². The maximum atomic E-state index is 12.6. The van der Waals surface area contributed by atoms with E-state index in [0.29, 0.717) is 12.4 Å². The van der Waals surface area contributed by atoms with Crippen molar-refractivity contribution in [2.24, 2.45) is 0 Å². The third kappa shape index (κ3) is 2.69. The molecule has 22 heavy (non-hydrogen) atoms. The van der Waals surface area contributed by atoms with Crippen molar-refractivity contribution >= 4 is 21.7 Å². The van der Waals surface area contributed by atoms with Crippen LogP contribution < -0.4 is 4.31 Å². The largest absolute Gasteiger partial charge is 0.478 e. The lowest BCUT2D eigenvalue weighted by molar-refractivity contribution is 0.0698. The van der Waals surface area contributed by atoms with Crippen molar-refractivity contribution in [3.63, 3.8) is 0 Å². The number of nitrogens with zero attached hydrogens (tertiary/aromatic N) is 3. The number of rotatable bonds is 5. The Morgan fingerprint density at radius 2 is 2.00 bits per heavy atom. The Bertz CT molecular complexity index is 811. The van der Waals surface area contributed by atoms with Gasteiger partial charge in [0, 0.05) is 19.8 Å². The fourth-order valence-corrected chi connectivity index (χ4v) is 3.33. The van der Waals surface area contributed by atoms with Crippen molar-refractivity contribution in [1.29, 1.82) is 0 Å². The standard InChI is InChI=1S/C14H17N3O4S/c1-4-17-9-13(15-10(17)2)22(20,21)16(3)12-8-6-5-7-11(12)14(18)19/h5-9H,4H2,1-3H3,(H,18,19). The van der Waals surface area contributed by atoms with Crippen LogP contribution in [0.15, 0.2) is 35.5 Å². The Kier molecular flexibility index (Phi) is 4.23. The molecule has 1 N–H and O–H groups in total. The molecule has 0 amide bonds. The van der Waals surface area contributed by atoms with E-state index in [2.05, 4.69) is 4.98 Å². The second kappa shape index (κ2) is 5.80. The predicted octanol–water partition coefficient (Wildman–Crippen LogP) is 1.73. The number of imidazole rings is 1. The minimum atomic E-state index is -3.92. The van der Waals surface area contributed by atoms with Gasteiger partial charge in [0.25, 0.3) is 10.0 Å². The highest BCUT2D eigenvalue weighted by Gasteiger charge is 2.27. The molecule has 0 radical (unpaired) electrons. The van der Waals surface area contributed by atoms with Crippen LogP contribution in [0.2, 0.25) is 0 Å². The van der Waals surface area contributed by atoms with Crippen molar-refractivity contribution in [1.82, 2.24) is 9.55 Å². The molecule has 2 rings (SSSR count). The van der Waals surface area contributed by atoms with Crippen LogP contribution in [-0.4, -0.2) is 36.1 Å². The average molecular weight is 323 g/mol. The monoisotopic (exact) mass is 323 g/mol. The van der Waals surface area contributed by atoms with E-state index in [1.165, 1.54) is 25.4 Å². The van der Waals surface area contributed by atoms with Gasteiger partial charge in [-0.05, 0) is 26.0 Å². The Hall–Kier alpha value is -2.35. The second-order valence-electron chi connectivity index (χ2n) is 4.71. The molecule has 0 aliphatic rings. The van der Waals surface area contributed by atoms with E-state index < -0.39 is 16.0 Å². The summed E-state index contributed by atoms with van der Waals surface area (Å²) in [7, 11) is -2.60. The lowest BCUT2D eigenvalue weighted by Gasteiger charge is -2.19. The Morgan fingerprint density at radius 1 is 1.36 bits per heavy atom. The van der Waals surface area contributed by atoms with Gasteiger partial charge in [0.05, 0.1) is 11.3 Å². The zero-order valence-electron chi connectivity index (χ0n) is 12.5. The molecule has 0 bridgehead atoms. The topological polar surface area (TPSA) is 92.5 Å². The van der Waals surface area contributed by atoms with Gasteiger partial charge in [-0.15, -0.1) is 0 Å². The maximum absolute atomic E-state index is 12.6. The van der Waals surface area contributed by atoms with Crippen LogP contribution in [0.1, 0.15) is 23.1 Å². The number of hydrogen-bond donors (Lipinski definition) is 1. The van der Waals surface area contributed by atoms with Crippen molar-refractivity contribution < 1.29 is 18.3 Å². The molecule has 7 nitrogen and oxygen atoms in total. The van der Waals surface area contributed by atoms with E-state index in [4.69, 9.17) is 0 Å². The van der Waals surface area contributed by atoms with Gasteiger partial charge in [-0.2, -0.15) is 8.42 Å². The zero-order valence-corrected chi connectivity index (χ0v) is 13.3. The van der Waals surface area contributed by atoms with Crippen molar-refractivity contribution in [3.8, 4) is 0 Å². The fourth-order valence-electron chi connectivity index (χ4n) is 2.12. The van der Waals surface area contributed by atoms with Gasteiger partial charge in [-0.25, -0.2) is 9.78 Å². The summed E-state index contributed by atoms with van der Waals surface area (Å²) in [6, 6.07) is 5.94. The number of carboxylic acids is 1. The zero-order chi connectivity index (χ0) is 16.5. The first-order valence-electron chi connectivity index (χ1n) is 6.64. The van der Waals surface area contributed by atoms with E-state index >= 15 is 0 Å². The van der Waals surface area contributed by atoms with E-state index in [1.54, 1.807) is 23.6 Å². The van der Waals surface area contributed by atoms with Crippen molar-refractivity contribution in [3.05, 3.63) is 41.9 Å². The molecule has 0 spiro atoms. The lowest BCUT2D eigenvalue weighted by Crippen LogP contribution is -2.28.